The fourth-order valence-corrected chi connectivity index (χ4v) is 0.771. The first-order valence-electron chi connectivity index (χ1n) is 2.30. The van der Waals surface area contributed by atoms with Crippen molar-refractivity contribution in [2.75, 3.05) is 11.0 Å². The number of hydrogen-bond acceptors (Lipinski definition) is 1. The Bertz CT molecular complexity index is 102. The molecule has 0 aliphatic rings. The molecule has 0 saturated carbocycles. The minimum absolute atomic E-state index is 1.00. The van der Waals surface area contributed by atoms with Gasteiger partial charge in [-0.2, -0.15) is 17.6 Å². The van der Waals surface area contributed by atoms with Crippen molar-refractivity contribution in [3.05, 3.63) is 0 Å². The molecule has 10 heavy (non-hydrogen) atoms. The summed E-state index contributed by atoms with van der Waals surface area (Å²) < 4.78 is 46.9. The molecule has 0 spiro atoms. The largest absolute Gasteiger partial charge is 0.390 e. The maximum absolute atomic E-state index is 12.0. The Balaban J connectivity index is 4.28. The lowest BCUT2D eigenvalue weighted by atomic mass is 10.2. The van der Waals surface area contributed by atoms with Gasteiger partial charge in [-0.1, -0.05) is 22.6 Å². The van der Waals surface area contributed by atoms with Crippen LogP contribution in [0.1, 0.15) is 0 Å². The smallest absolute Gasteiger partial charge is 0.333 e. The lowest BCUT2D eigenvalue weighted by Crippen LogP contribution is -2.44. The fraction of sp³-hybridized carbons (Fsp3) is 1.00. The maximum Gasteiger partial charge on any atom is 0.333 e. The van der Waals surface area contributed by atoms with Gasteiger partial charge in [0, 0.05) is 0 Å². The summed E-state index contributed by atoms with van der Waals surface area (Å²) in [4.78, 5) is 0. The van der Waals surface area contributed by atoms with Crippen molar-refractivity contribution in [2.24, 2.45) is 0 Å². The summed E-state index contributed by atoms with van der Waals surface area (Å²) in [5.74, 6) is -8.41. The first-order valence-corrected chi connectivity index (χ1v) is 3.82. The minimum Gasteiger partial charge on any atom is -0.390 e. The van der Waals surface area contributed by atoms with E-state index in [0.29, 0.717) is 0 Å². The van der Waals surface area contributed by atoms with E-state index >= 15 is 0 Å². The molecule has 0 fully saturated rings. The first-order chi connectivity index (χ1) is 4.37. The van der Waals surface area contributed by atoms with Crippen LogP contribution >= 0.6 is 22.6 Å². The van der Waals surface area contributed by atoms with E-state index in [1.807, 2.05) is 0 Å². The van der Waals surface area contributed by atoms with Crippen molar-refractivity contribution < 1.29 is 22.7 Å². The second-order valence-electron chi connectivity index (χ2n) is 1.70. The average molecular weight is 272 g/mol. The van der Waals surface area contributed by atoms with Crippen molar-refractivity contribution in [1.29, 1.82) is 0 Å². The highest BCUT2D eigenvalue weighted by atomic mass is 127. The Kier molecular flexibility index (Phi) is 3.34. The molecule has 0 aromatic carbocycles. The molecule has 0 atom stereocenters. The molecule has 0 aromatic rings. The van der Waals surface area contributed by atoms with Crippen LogP contribution in [-0.4, -0.2) is 28.0 Å². The number of aliphatic hydroxyl groups excluding tert-OH is 1. The number of aliphatic hydroxyl groups is 1. The van der Waals surface area contributed by atoms with Gasteiger partial charge in [0.05, 0.1) is 4.43 Å². The van der Waals surface area contributed by atoms with Gasteiger partial charge in [0.15, 0.2) is 0 Å². The van der Waals surface area contributed by atoms with E-state index in [4.69, 9.17) is 5.11 Å². The Morgan fingerprint density at radius 3 is 1.60 bits per heavy atom. The molecule has 0 radical (unpaired) electrons. The van der Waals surface area contributed by atoms with Crippen LogP contribution in [0.4, 0.5) is 17.6 Å². The number of halogens is 5. The normalized spacial score (nSPS) is 13.8. The summed E-state index contributed by atoms with van der Waals surface area (Å²) in [6.45, 7) is -1.82. The summed E-state index contributed by atoms with van der Waals surface area (Å²) in [5.41, 5.74) is 0. The van der Waals surface area contributed by atoms with Crippen molar-refractivity contribution in [2.45, 2.75) is 11.8 Å². The van der Waals surface area contributed by atoms with Gasteiger partial charge in [-0.05, 0) is 0 Å². The van der Waals surface area contributed by atoms with Crippen LogP contribution in [0.2, 0.25) is 0 Å². The van der Waals surface area contributed by atoms with Gasteiger partial charge in [-0.15, -0.1) is 0 Å². The molecule has 6 heteroatoms. The monoisotopic (exact) mass is 272 g/mol. The van der Waals surface area contributed by atoms with E-state index in [1.165, 1.54) is 0 Å². The molecule has 0 bridgehead atoms. The molecular formula is C4H5F4IO. The number of alkyl halides is 5. The minimum atomic E-state index is -4.30. The lowest BCUT2D eigenvalue weighted by Gasteiger charge is -2.22. The highest BCUT2D eigenvalue weighted by Crippen LogP contribution is 2.34. The van der Waals surface area contributed by atoms with Gasteiger partial charge in [-0.25, -0.2) is 0 Å². The second kappa shape index (κ2) is 3.21. The Hall–Kier alpha value is 0.410. The molecule has 0 aromatic heterocycles. The van der Waals surface area contributed by atoms with Crippen LogP contribution in [0, 0.1) is 0 Å². The molecule has 0 aliphatic heterocycles. The molecule has 1 nitrogen and oxygen atoms in total. The zero-order chi connectivity index (χ0) is 8.41. The summed E-state index contributed by atoms with van der Waals surface area (Å²) in [6, 6.07) is 0. The van der Waals surface area contributed by atoms with Crippen LogP contribution in [-0.2, 0) is 0 Å². The Labute approximate surface area is 68.6 Å². The van der Waals surface area contributed by atoms with E-state index in [1.54, 1.807) is 0 Å². The standard InChI is InChI=1S/C4H5F4IO/c5-3(6,1-9)4(7,8)2-10/h10H,1-2H2. The third-order valence-corrected chi connectivity index (χ3v) is 1.86. The average Bonchev–Trinajstić information content (AvgIpc) is 1.88. The van der Waals surface area contributed by atoms with Crippen molar-refractivity contribution in [1.82, 2.24) is 0 Å². The summed E-state index contributed by atoms with van der Waals surface area (Å²) in [7, 11) is 0. The topological polar surface area (TPSA) is 20.2 Å². The lowest BCUT2D eigenvalue weighted by molar-refractivity contribution is -0.210. The van der Waals surface area contributed by atoms with Crippen LogP contribution < -0.4 is 0 Å². The second-order valence-corrected chi connectivity index (χ2v) is 2.46. The molecule has 0 saturated heterocycles. The molecule has 1 N–H and O–H groups in total. The van der Waals surface area contributed by atoms with Crippen LogP contribution in [0.15, 0.2) is 0 Å². The van der Waals surface area contributed by atoms with Gasteiger partial charge >= 0.3 is 11.8 Å². The summed E-state index contributed by atoms with van der Waals surface area (Å²) in [6.07, 6.45) is 0. The number of rotatable bonds is 3. The highest BCUT2D eigenvalue weighted by Gasteiger charge is 2.54. The molecular weight excluding hydrogens is 267 g/mol. The molecule has 0 rings (SSSR count). The predicted molar refractivity (Wildman–Crippen MR) is 35.9 cm³/mol. The van der Waals surface area contributed by atoms with Gasteiger partial charge in [0.2, 0.25) is 0 Å². The zero-order valence-corrected chi connectivity index (χ0v) is 6.91. The SMILES string of the molecule is OCC(F)(F)C(F)(F)CI. The van der Waals surface area contributed by atoms with E-state index in [0.717, 1.165) is 22.6 Å². The van der Waals surface area contributed by atoms with Crippen LogP contribution in [0.25, 0.3) is 0 Å². The van der Waals surface area contributed by atoms with Crippen LogP contribution in [0.3, 0.4) is 0 Å². The third kappa shape index (κ3) is 1.94. The summed E-state index contributed by atoms with van der Waals surface area (Å²) in [5, 5.41) is 7.83. The maximum atomic E-state index is 12.0. The molecule has 0 heterocycles. The van der Waals surface area contributed by atoms with Gasteiger partial charge in [0.1, 0.15) is 6.61 Å². The summed E-state index contributed by atoms with van der Waals surface area (Å²) >= 11 is 1.14. The van der Waals surface area contributed by atoms with E-state index in [9.17, 15) is 17.6 Å². The first kappa shape index (κ1) is 10.4. The van der Waals surface area contributed by atoms with E-state index < -0.39 is 22.9 Å². The Morgan fingerprint density at radius 1 is 1.10 bits per heavy atom. The Morgan fingerprint density at radius 2 is 1.50 bits per heavy atom. The quantitative estimate of drug-likeness (QED) is 0.471. The fourth-order valence-electron chi connectivity index (χ4n) is 0.213. The van der Waals surface area contributed by atoms with Gasteiger partial charge < -0.3 is 5.11 Å². The van der Waals surface area contributed by atoms with E-state index in [2.05, 4.69) is 0 Å². The predicted octanol–water partition coefficient (Wildman–Crippen LogP) is 1.68. The van der Waals surface area contributed by atoms with Gasteiger partial charge in [0.25, 0.3) is 0 Å². The van der Waals surface area contributed by atoms with Crippen molar-refractivity contribution in [3.8, 4) is 0 Å². The third-order valence-electron chi connectivity index (χ3n) is 0.902. The van der Waals surface area contributed by atoms with Crippen molar-refractivity contribution >= 4 is 22.6 Å². The number of hydrogen-bond donors (Lipinski definition) is 1. The van der Waals surface area contributed by atoms with Crippen LogP contribution in [0.5, 0.6) is 0 Å². The van der Waals surface area contributed by atoms with Crippen molar-refractivity contribution in [3.63, 3.8) is 0 Å². The van der Waals surface area contributed by atoms with E-state index in [-0.39, 0.29) is 0 Å². The molecule has 0 amide bonds. The van der Waals surface area contributed by atoms with Gasteiger partial charge in [-0.3, -0.25) is 0 Å². The highest BCUT2D eigenvalue weighted by molar-refractivity contribution is 14.1. The molecule has 0 unspecified atom stereocenters. The molecule has 0 aliphatic carbocycles. The molecule has 62 valence electrons. The zero-order valence-electron chi connectivity index (χ0n) is 4.75.